The second kappa shape index (κ2) is 5.67. The lowest BCUT2D eigenvalue weighted by Crippen LogP contribution is -2.44. The van der Waals surface area contributed by atoms with Crippen LogP contribution in [0.1, 0.15) is 49.8 Å². The summed E-state index contributed by atoms with van der Waals surface area (Å²) in [6, 6.07) is 3.31. The molecule has 1 atom stereocenters. The lowest BCUT2D eigenvalue weighted by molar-refractivity contribution is -0.140. The van der Waals surface area contributed by atoms with Gasteiger partial charge >= 0.3 is 12.1 Å². The average Bonchev–Trinajstić information content (AvgIpc) is 2.82. The summed E-state index contributed by atoms with van der Waals surface area (Å²) in [6.07, 6.45) is -0.608. The van der Waals surface area contributed by atoms with Crippen molar-refractivity contribution in [3.05, 3.63) is 35.4 Å². The highest BCUT2D eigenvalue weighted by Gasteiger charge is 2.35. The highest BCUT2D eigenvalue weighted by Crippen LogP contribution is 2.33. The highest BCUT2D eigenvalue weighted by atomic mass is 19.4. The van der Waals surface area contributed by atoms with Gasteiger partial charge in [0.15, 0.2) is 0 Å². The molecule has 1 aromatic carbocycles. The van der Waals surface area contributed by atoms with Crippen LogP contribution >= 0.6 is 0 Å². The second-order valence-corrected chi connectivity index (χ2v) is 5.80. The Morgan fingerprint density at radius 3 is 2.19 bits per heavy atom. The molecule has 116 valence electrons. The summed E-state index contributed by atoms with van der Waals surface area (Å²) >= 11 is 0. The molecule has 1 aromatic rings. The van der Waals surface area contributed by atoms with Crippen molar-refractivity contribution in [2.75, 3.05) is 0 Å². The van der Waals surface area contributed by atoms with Crippen LogP contribution in [0, 0.1) is 0 Å². The number of alkyl halides is 3. The Labute approximate surface area is 121 Å². The van der Waals surface area contributed by atoms with Crippen molar-refractivity contribution in [3.8, 4) is 0 Å². The molecule has 0 radical (unpaired) electrons. The monoisotopic (exact) mass is 301 g/mol. The average molecular weight is 301 g/mol. The van der Waals surface area contributed by atoms with E-state index in [1.807, 2.05) is 6.92 Å². The van der Waals surface area contributed by atoms with Crippen LogP contribution in [-0.4, -0.2) is 16.6 Å². The van der Waals surface area contributed by atoms with Gasteiger partial charge in [0.05, 0.1) is 5.56 Å². The van der Waals surface area contributed by atoms with Gasteiger partial charge in [-0.05, 0) is 37.5 Å². The molecule has 0 aromatic heterocycles. The van der Waals surface area contributed by atoms with Crippen LogP contribution in [0.15, 0.2) is 24.3 Å². The quantitative estimate of drug-likeness (QED) is 0.890. The summed E-state index contributed by atoms with van der Waals surface area (Å²) in [4.78, 5) is 11.4. The van der Waals surface area contributed by atoms with E-state index in [0.29, 0.717) is 5.56 Å². The Balaban J connectivity index is 2.20. The van der Waals surface area contributed by atoms with E-state index in [2.05, 4.69) is 5.32 Å². The SMILES string of the molecule is CC1(NC(C(=O)O)c2ccc(C(F)(F)F)cc2)CCCC1. The summed E-state index contributed by atoms with van der Waals surface area (Å²) in [5.41, 5.74) is -0.711. The fourth-order valence-electron chi connectivity index (χ4n) is 2.80. The molecule has 21 heavy (non-hydrogen) atoms. The van der Waals surface area contributed by atoms with E-state index >= 15 is 0 Å². The van der Waals surface area contributed by atoms with Crippen molar-refractivity contribution in [2.24, 2.45) is 0 Å². The number of carboxylic acids is 1. The van der Waals surface area contributed by atoms with Crippen molar-refractivity contribution in [3.63, 3.8) is 0 Å². The van der Waals surface area contributed by atoms with Gasteiger partial charge < -0.3 is 5.11 Å². The van der Waals surface area contributed by atoms with Gasteiger partial charge in [-0.2, -0.15) is 13.2 Å². The lowest BCUT2D eigenvalue weighted by atomic mass is 9.96. The van der Waals surface area contributed by atoms with Crippen LogP contribution in [0.25, 0.3) is 0 Å². The maximum absolute atomic E-state index is 12.5. The van der Waals surface area contributed by atoms with Gasteiger partial charge in [0, 0.05) is 5.54 Å². The molecular formula is C15H18F3NO2. The van der Waals surface area contributed by atoms with Crippen LogP contribution < -0.4 is 5.32 Å². The molecule has 3 nitrogen and oxygen atoms in total. The van der Waals surface area contributed by atoms with Gasteiger partial charge in [-0.25, -0.2) is 0 Å². The van der Waals surface area contributed by atoms with Crippen LogP contribution in [0.5, 0.6) is 0 Å². The van der Waals surface area contributed by atoms with E-state index in [1.54, 1.807) is 0 Å². The van der Waals surface area contributed by atoms with E-state index in [-0.39, 0.29) is 5.54 Å². The minimum atomic E-state index is -4.41. The van der Waals surface area contributed by atoms with Crippen molar-refractivity contribution < 1.29 is 23.1 Å². The zero-order valence-corrected chi connectivity index (χ0v) is 11.7. The number of hydrogen-bond donors (Lipinski definition) is 2. The number of hydrogen-bond acceptors (Lipinski definition) is 2. The van der Waals surface area contributed by atoms with Crippen molar-refractivity contribution in [2.45, 2.75) is 50.4 Å². The Morgan fingerprint density at radius 2 is 1.76 bits per heavy atom. The van der Waals surface area contributed by atoms with E-state index in [1.165, 1.54) is 12.1 Å². The normalized spacial score (nSPS) is 19.4. The van der Waals surface area contributed by atoms with Crippen molar-refractivity contribution in [1.29, 1.82) is 0 Å². The van der Waals surface area contributed by atoms with Crippen LogP contribution in [-0.2, 0) is 11.0 Å². The number of nitrogens with one attached hydrogen (secondary N) is 1. The second-order valence-electron chi connectivity index (χ2n) is 5.80. The molecule has 0 spiro atoms. The van der Waals surface area contributed by atoms with E-state index in [0.717, 1.165) is 37.8 Å². The first kappa shape index (κ1) is 15.8. The molecular weight excluding hydrogens is 283 g/mol. The fourth-order valence-corrected chi connectivity index (χ4v) is 2.80. The lowest BCUT2D eigenvalue weighted by Gasteiger charge is -2.30. The predicted molar refractivity (Wildman–Crippen MR) is 71.8 cm³/mol. The third-order valence-electron chi connectivity index (χ3n) is 4.02. The zero-order chi connectivity index (χ0) is 15.7. The minimum Gasteiger partial charge on any atom is -0.480 e. The van der Waals surface area contributed by atoms with Gasteiger partial charge in [-0.15, -0.1) is 0 Å². The van der Waals surface area contributed by atoms with Gasteiger partial charge in [0.2, 0.25) is 0 Å². The predicted octanol–water partition coefficient (Wildman–Crippen LogP) is 3.75. The summed E-state index contributed by atoms with van der Waals surface area (Å²) in [6.45, 7) is 1.96. The van der Waals surface area contributed by atoms with Crippen LogP contribution in [0.4, 0.5) is 13.2 Å². The topological polar surface area (TPSA) is 49.3 Å². The molecule has 1 saturated carbocycles. The first-order valence-corrected chi connectivity index (χ1v) is 6.89. The van der Waals surface area contributed by atoms with Gasteiger partial charge in [-0.3, -0.25) is 10.1 Å². The van der Waals surface area contributed by atoms with E-state index in [9.17, 15) is 23.1 Å². The Morgan fingerprint density at radius 1 is 1.24 bits per heavy atom. The summed E-state index contributed by atoms with van der Waals surface area (Å²) in [5, 5.41) is 12.4. The maximum Gasteiger partial charge on any atom is 0.416 e. The first-order valence-electron chi connectivity index (χ1n) is 6.89. The summed E-state index contributed by atoms with van der Waals surface area (Å²) < 4.78 is 37.6. The summed E-state index contributed by atoms with van der Waals surface area (Å²) in [5.74, 6) is -1.08. The molecule has 6 heteroatoms. The van der Waals surface area contributed by atoms with Gasteiger partial charge in [0.1, 0.15) is 6.04 Å². The molecule has 1 aliphatic rings. The smallest absolute Gasteiger partial charge is 0.416 e. The summed E-state index contributed by atoms with van der Waals surface area (Å²) in [7, 11) is 0. The number of carbonyl (C=O) groups is 1. The molecule has 1 fully saturated rings. The first-order chi connectivity index (χ1) is 9.71. The van der Waals surface area contributed by atoms with Crippen LogP contribution in [0.3, 0.4) is 0 Å². The van der Waals surface area contributed by atoms with Crippen molar-refractivity contribution in [1.82, 2.24) is 5.32 Å². The Kier molecular flexibility index (Phi) is 4.27. The molecule has 2 rings (SSSR count). The van der Waals surface area contributed by atoms with Gasteiger partial charge in [0.25, 0.3) is 0 Å². The van der Waals surface area contributed by atoms with E-state index < -0.39 is 23.8 Å². The molecule has 0 saturated heterocycles. The van der Waals surface area contributed by atoms with Gasteiger partial charge in [-0.1, -0.05) is 25.0 Å². The zero-order valence-electron chi connectivity index (χ0n) is 11.7. The van der Waals surface area contributed by atoms with Crippen LogP contribution in [0.2, 0.25) is 0 Å². The number of halogens is 3. The molecule has 1 aliphatic carbocycles. The fraction of sp³-hybridized carbons (Fsp3) is 0.533. The number of benzene rings is 1. The standard InChI is InChI=1S/C15H18F3NO2/c1-14(8-2-3-9-14)19-12(13(20)21)10-4-6-11(7-5-10)15(16,17)18/h4-7,12,19H,2-3,8-9H2,1H3,(H,20,21). The van der Waals surface area contributed by atoms with Crippen molar-refractivity contribution >= 4 is 5.97 Å². The number of rotatable bonds is 4. The Hall–Kier alpha value is -1.56. The minimum absolute atomic E-state index is 0.272. The molecule has 0 heterocycles. The number of carboxylic acid groups (broad SMARTS) is 1. The number of aliphatic carboxylic acids is 1. The molecule has 0 aliphatic heterocycles. The molecule has 0 bridgehead atoms. The highest BCUT2D eigenvalue weighted by molar-refractivity contribution is 5.75. The largest absolute Gasteiger partial charge is 0.480 e. The third kappa shape index (κ3) is 3.75. The van der Waals surface area contributed by atoms with E-state index in [4.69, 9.17) is 0 Å². The third-order valence-corrected chi connectivity index (χ3v) is 4.02. The molecule has 1 unspecified atom stereocenters. The Bertz CT molecular complexity index is 505. The maximum atomic E-state index is 12.5. The molecule has 2 N–H and O–H groups in total. The molecule has 0 amide bonds.